The van der Waals surface area contributed by atoms with Gasteiger partial charge in [0.15, 0.2) is 0 Å². The number of hydrogen-bond donors (Lipinski definition) is 2. The van der Waals surface area contributed by atoms with Crippen molar-refractivity contribution in [3.63, 3.8) is 0 Å². The molecule has 0 aromatic carbocycles. The first-order valence-electron chi connectivity index (χ1n) is 11.4. The van der Waals surface area contributed by atoms with Crippen molar-refractivity contribution >= 4 is 5.91 Å². The van der Waals surface area contributed by atoms with Crippen molar-refractivity contribution in [3.8, 4) is 0 Å². The Labute approximate surface area is 180 Å². The molecule has 2 N–H and O–H groups in total. The second-order valence-electron chi connectivity index (χ2n) is 8.46. The van der Waals surface area contributed by atoms with E-state index >= 15 is 0 Å². The van der Waals surface area contributed by atoms with Gasteiger partial charge in [0, 0.05) is 19.1 Å². The van der Waals surface area contributed by atoms with Crippen molar-refractivity contribution in [1.29, 1.82) is 0 Å². The van der Waals surface area contributed by atoms with Crippen molar-refractivity contribution in [3.05, 3.63) is 48.6 Å². The fourth-order valence-corrected chi connectivity index (χ4v) is 2.83. The molecule has 0 bridgehead atoms. The molecule has 1 atom stereocenters. The largest absolute Gasteiger partial charge is 0.396 e. The normalized spacial score (nSPS) is 14.0. The molecule has 0 aromatic heterocycles. The van der Waals surface area contributed by atoms with Crippen molar-refractivity contribution in [2.45, 2.75) is 97.9 Å². The molecule has 0 aliphatic carbocycles. The lowest BCUT2D eigenvalue weighted by atomic mass is 9.86. The molecule has 0 aliphatic heterocycles. The predicted molar refractivity (Wildman–Crippen MR) is 127 cm³/mol. The van der Waals surface area contributed by atoms with Crippen molar-refractivity contribution in [1.82, 2.24) is 5.32 Å². The van der Waals surface area contributed by atoms with Crippen LogP contribution in [0.2, 0.25) is 0 Å². The molecule has 0 saturated heterocycles. The number of aliphatic hydroxyl groups excluding tert-OH is 1. The number of allylic oxidation sites excluding steroid dienone is 8. The Morgan fingerprint density at radius 2 is 1.52 bits per heavy atom. The van der Waals surface area contributed by atoms with Gasteiger partial charge in [-0.3, -0.25) is 4.79 Å². The van der Waals surface area contributed by atoms with Crippen LogP contribution in [0, 0.1) is 5.41 Å². The molecule has 3 nitrogen and oxygen atoms in total. The van der Waals surface area contributed by atoms with Gasteiger partial charge >= 0.3 is 0 Å². The van der Waals surface area contributed by atoms with Crippen LogP contribution in [-0.4, -0.2) is 23.7 Å². The first kappa shape index (κ1) is 27.4. The molecule has 0 heterocycles. The Morgan fingerprint density at radius 3 is 2.10 bits per heavy atom. The molecule has 1 unspecified atom stereocenters. The van der Waals surface area contributed by atoms with E-state index in [2.05, 4.69) is 74.7 Å². The third-order valence-corrected chi connectivity index (χ3v) is 4.91. The molecule has 0 aliphatic rings. The summed E-state index contributed by atoms with van der Waals surface area (Å²) in [7, 11) is 0. The monoisotopic (exact) mass is 403 g/mol. The summed E-state index contributed by atoms with van der Waals surface area (Å²) in [6.45, 7) is 8.92. The maximum Gasteiger partial charge on any atom is 0.220 e. The SMILES string of the molecule is CCC(C)NC(=O)CCC/C=C\C/C=C\C/C=C\C/C=C\C(C)(C)CCCCO. The van der Waals surface area contributed by atoms with E-state index in [4.69, 9.17) is 5.11 Å². The first-order valence-corrected chi connectivity index (χ1v) is 11.4. The van der Waals surface area contributed by atoms with Gasteiger partial charge in [-0.2, -0.15) is 0 Å². The lowest BCUT2D eigenvalue weighted by Crippen LogP contribution is -2.31. The van der Waals surface area contributed by atoms with E-state index in [0.717, 1.165) is 57.8 Å². The second kappa shape index (κ2) is 18.4. The quantitative estimate of drug-likeness (QED) is 0.211. The Bertz CT molecular complexity index is 515. The smallest absolute Gasteiger partial charge is 0.220 e. The minimum absolute atomic E-state index is 0.166. The average Bonchev–Trinajstić information content (AvgIpc) is 2.68. The zero-order valence-electron chi connectivity index (χ0n) is 19.3. The molecule has 0 aromatic rings. The number of hydrogen-bond acceptors (Lipinski definition) is 2. The number of nitrogens with one attached hydrogen (secondary N) is 1. The van der Waals surface area contributed by atoms with Gasteiger partial charge in [-0.05, 0) is 63.7 Å². The average molecular weight is 404 g/mol. The fraction of sp³-hybridized carbons (Fsp3) is 0.654. The minimum Gasteiger partial charge on any atom is -0.396 e. The maximum absolute atomic E-state index is 11.7. The molecule has 1 amide bonds. The van der Waals surface area contributed by atoms with Crippen LogP contribution < -0.4 is 5.32 Å². The lowest BCUT2D eigenvalue weighted by Gasteiger charge is -2.19. The number of rotatable bonds is 17. The molecule has 0 fully saturated rings. The highest BCUT2D eigenvalue weighted by molar-refractivity contribution is 5.76. The Kier molecular flexibility index (Phi) is 17.4. The van der Waals surface area contributed by atoms with Gasteiger partial charge in [-0.25, -0.2) is 0 Å². The van der Waals surface area contributed by atoms with Crippen molar-refractivity contribution < 1.29 is 9.90 Å². The van der Waals surface area contributed by atoms with E-state index in [1.54, 1.807) is 0 Å². The van der Waals surface area contributed by atoms with Gasteiger partial charge in [-0.15, -0.1) is 0 Å². The molecule has 0 saturated carbocycles. The van der Waals surface area contributed by atoms with Crippen LogP contribution in [0.4, 0.5) is 0 Å². The van der Waals surface area contributed by atoms with Crippen LogP contribution in [0.25, 0.3) is 0 Å². The second-order valence-corrected chi connectivity index (χ2v) is 8.46. The van der Waals surface area contributed by atoms with Crippen LogP contribution in [0.1, 0.15) is 91.9 Å². The summed E-state index contributed by atoms with van der Waals surface area (Å²) in [4.78, 5) is 11.7. The van der Waals surface area contributed by atoms with Crippen molar-refractivity contribution in [2.24, 2.45) is 5.41 Å². The fourth-order valence-electron chi connectivity index (χ4n) is 2.83. The number of aliphatic hydroxyl groups is 1. The number of amides is 1. The number of carbonyl (C=O) groups excluding carboxylic acids is 1. The summed E-state index contributed by atoms with van der Waals surface area (Å²) in [6, 6.07) is 0.280. The van der Waals surface area contributed by atoms with E-state index in [1.807, 2.05) is 6.92 Å². The van der Waals surface area contributed by atoms with Crippen LogP contribution in [-0.2, 0) is 4.79 Å². The van der Waals surface area contributed by atoms with Crippen LogP contribution in [0.15, 0.2) is 48.6 Å². The molecular formula is C26H45NO2. The molecule has 3 heteroatoms. The van der Waals surface area contributed by atoms with Gasteiger partial charge < -0.3 is 10.4 Å². The minimum atomic E-state index is 0.166. The Morgan fingerprint density at radius 1 is 0.931 bits per heavy atom. The lowest BCUT2D eigenvalue weighted by molar-refractivity contribution is -0.121. The van der Waals surface area contributed by atoms with E-state index in [1.165, 1.54) is 0 Å². The maximum atomic E-state index is 11.7. The standard InChI is InChI=1S/C26H45NO2/c1-5-24(2)27-25(29)20-16-14-12-10-8-6-7-9-11-13-15-17-21-26(3,4)22-18-19-23-28/h6-7,10-13,17,21,24,28H,5,8-9,14-16,18-20,22-23H2,1-4H3,(H,27,29)/b7-6-,12-10-,13-11-,21-17-. The number of unbranched alkanes of at least 4 members (excludes halogenated alkanes) is 2. The summed E-state index contributed by atoms with van der Waals surface area (Å²) >= 11 is 0. The highest BCUT2D eigenvalue weighted by Gasteiger charge is 2.12. The Balaban J connectivity index is 3.71. The first-order chi connectivity index (χ1) is 13.9. The van der Waals surface area contributed by atoms with Crippen LogP contribution in [0.3, 0.4) is 0 Å². The predicted octanol–water partition coefficient (Wildman–Crippen LogP) is 6.66. The summed E-state index contributed by atoms with van der Waals surface area (Å²) < 4.78 is 0. The molecule has 0 spiro atoms. The third-order valence-electron chi connectivity index (χ3n) is 4.91. The molecule has 0 rings (SSSR count). The van der Waals surface area contributed by atoms with E-state index in [9.17, 15) is 4.79 Å². The zero-order valence-corrected chi connectivity index (χ0v) is 19.3. The summed E-state index contributed by atoms with van der Waals surface area (Å²) in [5, 5.41) is 11.9. The Hall–Kier alpha value is -1.61. The summed E-state index contributed by atoms with van der Waals surface area (Å²) in [5.41, 5.74) is 0.215. The molecule has 166 valence electrons. The zero-order chi connectivity index (χ0) is 21.8. The van der Waals surface area contributed by atoms with E-state index in [-0.39, 0.29) is 17.4 Å². The topological polar surface area (TPSA) is 49.3 Å². The van der Waals surface area contributed by atoms with Gasteiger partial charge in [0.05, 0.1) is 0 Å². The van der Waals surface area contributed by atoms with Gasteiger partial charge in [0.1, 0.15) is 0 Å². The summed E-state index contributed by atoms with van der Waals surface area (Å²) in [5.74, 6) is 0.166. The highest BCUT2D eigenvalue weighted by Crippen LogP contribution is 2.24. The third kappa shape index (κ3) is 19.5. The molecule has 0 radical (unpaired) electrons. The number of carbonyl (C=O) groups is 1. The van der Waals surface area contributed by atoms with Crippen molar-refractivity contribution in [2.75, 3.05) is 6.61 Å². The molecule has 29 heavy (non-hydrogen) atoms. The van der Waals surface area contributed by atoms with Crippen LogP contribution in [0.5, 0.6) is 0 Å². The van der Waals surface area contributed by atoms with Gasteiger partial charge in [0.25, 0.3) is 0 Å². The van der Waals surface area contributed by atoms with Gasteiger partial charge in [-0.1, -0.05) is 75.8 Å². The van der Waals surface area contributed by atoms with Gasteiger partial charge in [0.2, 0.25) is 5.91 Å². The van der Waals surface area contributed by atoms with E-state index < -0.39 is 0 Å². The summed E-state index contributed by atoms with van der Waals surface area (Å²) in [6.07, 6.45) is 27.2. The van der Waals surface area contributed by atoms with E-state index in [0.29, 0.717) is 13.0 Å². The van der Waals surface area contributed by atoms with Crippen LogP contribution >= 0.6 is 0 Å². The highest BCUT2D eigenvalue weighted by atomic mass is 16.2. The molecular weight excluding hydrogens is 358 g/mol.